The normalized spacial score (nSPS) is 10.9. The van der Waals surface area contributed by atoms with Gasteiger partial charge in [0.2, 0.25) is 0 Å². The summed E-state index contributed by atoms with van der Waals surface area (Å²) in [7, 11) is 0. The van der Waals surface area contributed by atoms with Crippen LogP contribution in [0.5, 0.6) is 0 Å². The van der Waals surface area contributed by atoms with E-state index in [0.717, 1.165) is 27.2 Å². The Morgan fingerprint density at radius 2 is 2.05 bits per heavy atom. The van der Waals surface area contributed by atoms with Crippen molar-refractivity contribution in [2.45, 2.75) is 26.7 Å². The van der Waals surface area contributed by atoms with Gasteiger partial charge in [0.05, 0.1) is 15.7 Å². The van der Waals surface area contributed by atoms with Crippen molar-refractivity contribution in [3.8, 4) is 0 Å². The van der Waals surface area contributed by atoms with E-state index in [4.69, 9.17) is 5.73 Å². The molecule has 0 aliphatic heterocycles. The minimum absolute atomic E-state index is 0.547. The second-order valence-electron chi connectivity index (χ2n) is 4.88. The summed E-state index contributed by atoms with van der Waals surface area (Å²) in [6, 6.07) is 5.84. The molecule has 0 amide bonds. The van der Waals surface area contributed by atoms with Crippen molar-refractivity contribution >= 4 is 28.4 Å². The van der Waals surface area contributed by atoms with E-state index in [1.54, 1.807) is 6.20 Å². The second-order valence-corrected chi connectivity index (χ2v) is 5.96. The number of hydrogen-bond acceptors (Lipinski definition) is 4. The largest absolute Gasteiger partial charge is 0.383 e. The molecule has 0 saturated carbocycles. The van der Waals surface area contributed by atoms with Gasteiger partial charge in [-0.05, 0) is 47.1 Å². The Balaban J connectivity index is 2.29. The SMILES string of the molecule is CC(C)Cc1nc(Cc2ccccn2)nc(N)c1I. The van der Waals surface area contributed by atoms with Gasteiger partial charge in [-0.1, -0.05) is 19.9 Å². The predicted octanol–water partition coefficient (Wildman–Crippen LogP) is 2.85. The molecule has 5 heteroatoms. The lowest BCUT2D eigenvalue weighted by Gasteiger charge is -2.10. The van der Waals surface area contributed by atoms with Crippen LogP contribution in [0.25, 0.3) is 0 Å². The number of nitrogens with two attached hydrogens (primary N) is 1. The fourth-order valence-corrected chi connectivity index (χ4v) is 2.29. The number of rotatable bonds is 4. The first-order chi connectivity index (χ1) is 9.06. The summed E-state index contributed by atoms with van der Waals surface area (Å²) >= 11 is 2.22. The minimum Gasteiger partial charge on any atom is -0.383 e. The highest BCUT2D eigenvalue weighted by atomic mass is 127. The molecule has 2 aromatic heterocycles. The first-order valence-electron chi connectivity index (χ1n) is 6.27. The zero-order valence-corrected chi connectivity index (χ0v) is 13.3. The van der Waals surface area contributed by atoms with Gasteiger partial charge in [0, 0.05) is 11.9 Å². The summed E-state index contributed by atoms with van der Waals surface area (Å²) in [5, 5.41) is 0. The van der Waals surface area contributed by atoms with Gasteiger partial charge < -0.3 is 5.73 Å². The first kappa shape index (κ1) is 14.2. The van der Waals surface area contributed by atoms with Crippen LogP contribution < -0.4 is 5.73 Å². The van der Waals surface area contributed by atoms with Gasteiger partial charge in [-0.15, -0.1) is 0 Å². The van der Waals surface area contributed by atoms with Crippen LogP contribution in [0, 0.1) is 9.49 Å². The molecule has 4 nitrogen and oxygen atoms in total. The predicted molar refractivity (Wildman–Crippen MR) is 84.7 cm³/mol. The maximum absolute atomic E-state index is 5.97. The van der Waals surface area contributed by atoms with Crippen LogP contribution in [0.2, 0.25) is 0 Å². The molecule has 0 aliphatic rings. The summed E-state index contributed by atoms with van der Waals surface area (Å²) in [6.45, 7) is 4.35. The van der Waals surface area contributed by atoms with Gasteiger partial charge >= 0.3 is 0 Å². The average Bonchev–Trinajstić information content (AvgIpc) is 2.36. The van der Waals surface area contributed by atoms with Crippen molar-refractivity contribution in [2.24, 2.45) is 5.92 Å². The van der Waals surface area contributed by atoms with E-state index in [9.17, 15) is 0 Å². The van der Waals surface area contributed by atoms with E-state index >= 15 is 0 Å². The summed E-state index contributed by atoms with van der Waals surface area (Å²) in [4.78, 5) is 13.3. The quantitative estimate of drug-likeness (QED) is 0.843. The molecule has 0 saturated heterocycles. The molecule has 0 radical (unpaired) electrons. The number of hydrogen-bond donors (Lipinski definition) is 1. The highest BCUT2D eigenvalue weighted by Crippen LogP contribution is 2.20. The van der Waals surface area contributed by atoms with Crippen LogP contribution in [-0.4, -0.2) is 15.0 Å². The number of halogens is 1. The molecule has 19 heavy (non-hydrogen) atoms. The van der Waals surface area contributed by atoms with E-state index < -0.39 is 0 Å². The number of anilines is 1. The van der Waals surface area contributed by atoms with Gasteiger partial charge in [0.1, 0.15) is 11.6 Å². The molecule has 0 aromatic carbocycles. The van der Waals surface area contributed by atoms with Crippen LogP contribution in [-0.2, 0) is 12.8 Å². The van der Waals surface area contributed by atoms with Crippen molar-refractivity contribution in [3.63, 3.8) is 0 Å². The minimum atomic E-state index is 0.547. The summed E-state index contributed by atoms with van der Waals surface area (Å²) in [5.74, 6) is 1.86. The molecule has 2 heterocycles. The van der Waals surface area contributed by atoms with Crippen molar-refractivity contribution in [1.82, 2.24) is 15.0 Å². The molecule has 100 valence electrons. The molecule has 0 aliphatic carbocycles. The molecule has 0 bridgehead atoms. The third-order valence-corrected chi connectivity index (χ3v) is 3.83. The van der Waals surface area contributed by atoms with Gasteiger partial charge in [-0.2, -0.15) is 0 Å². The molecule has 2 rings (SSSR count). The summed E-state index contributed by atoms with van der Waals surface area (Å²) in [5.41, 5.74) is 7.96. The molecule has 0 fully saturated rings. The summed E-state index contributed by atoms with van der Waals surface area (Å²) in [6.07, 6.45) is 3.31. The lowest BCUT2D eigenvalue weighted by Crippen LogP contribution is -2.10. The van der Waals surface area contributed by atoms with E-state index in [-0.39, 0.29) is 0 Å². The number of nitrogen functional groups attached to an aromatic ring is 1. The monoisotopic (exact) mass is 368 g/mol. The molecule has 2 N–H and O–H groups in total. The third kappa shape index (κ3) is 3.86. The molecular weight excluding hydrogens is 351 g/mol. The van der Waals surface area contributed by atoms with E-state index in [2.05, 4.69) is 51.4 Å². The zero-order chi connectivity index (χ0) is 13.8. The number of pyridine rings is 1. The van der Waals surface area contributed by atoms with E-state index in [0.29, 0.717) is 18.2 Å². The fourth-order valence-electron chi connectivity index (χ4n) is 1.83. The van der Waals surface area contributed by atoms with E-state index in [1.165, 1.54) is 0 Å². The lowest BCUT2D eigenvalue weighted by atomic mass is 10.1. The van der Waals surface area contributed by atoms with Crippen molar-refractivity contribution in [3.05, 3.63) is 45.2 Å². The van der Waals surface area contributed by atoms with Crippen molar-refractivity contribution in [2.75, 3.05) is 5.73 Å². The fraction of sp³-hybridized carbons (Fsp3) is 0.357. The maximum Gasteiger partial charge on any atom is 0.140 e. The summed E-state index contributed by atoms with van der Waals surface area (Å²) < 4.78 is 0.969. The van der Waals surface area contributed by atoms with Gasteiger partial charge in [0.25, 0.3) is 0 Å². The lowest BCUT2D eigenvalue weighted by molar-refractivity contribution is 0.628. The zero-order valence-electron chi connectivity index (χ0n) is 11.1. The smallest absolute Gasteiger partial charge is 0.140 e. The topological polar surface area (TPSA) is 64.7 Å². The van der Waals surface area contributed by atoms with Gasteiger partial charge in [-0.3, -0.25) is 4.98 Å². The van der Waals surface area contributed by atoms with Crippen LogP contribution in [0.1, 0.15) is 31.1 Å². The van der Waals surface area contributed by atoms with Crippen molar-refractivity contribution < 1.29 is 0 Å². The average molecular weight is 368 g/mol. The van der Waals surface area contributed by atoms with Crippen LogP contribution >= 0.6 is 22.6 Å². The molecule has 0 atom stereocenters. The van der Waals surface area contributed by atoms with Gasteiger partial charge in [0.15, 0.2) is 0 Å². The van der Waals surface area contributed by atoms with Gasteiger partial charge in [-0.25, -0.2) is 9.97 Å². The Bertz CT molecular complexity index is 555. The number of nitrogens with zero attached hydrogens (tertiary/aromatic N) is 3. The molecule has 0 unspecified atom stereocenters. The first-order valence-corrected chi connectivity index (χ1v) is 7.34. The maximum atomic E-state index is 5.97. The second kappa shape index (κ2) is 6.27. The Hall–Kier alpha value is -1.24. The van der Waals surface area contributed by atoms with E-state index in [1.807, 2.05) is 18.2 Å². The molecule has 2 aromatic rings. The van der Waals surface area contributed by atoms with Crippen molar-refractivity contribution in [1.29, 1.82) is 0 Å². The highest BCUT2D eigenvalue weighted by molar-refractivity contribution is 14.1. The Kier molecular flexibility index (Phi) is 4.68. The Labute approximate surface area is 127 Å². The standard InChI is InChI=1S/C14H17IN4/c1-9(2)7-11-13(15)14(16)19-12(18-11)8-10-5-3-4-6-17-10/h3-6,9H,7-8H2,1-2H3,(H2,16,18,19). The Morgan fingerprint density at radius 3 is 2.68 bits per heavy atom. The van der Waals surface area contributed by atoms with Crippen LogP contribution in [0.4, 0.5) is 5.82 Å². The Morgan fingerprint density at radius 1 is 1.26 bits per heavy atom. The molecule has 0 spiro atoms. The molecular formula is C14H17IN4. The number of aromatic nitrogens is 3. The third-order valence-electron chi connectivity index (χ3n) is 2.66. The van der Waals surface area contributed by atoms with Crippen LogP contribution in [0.3, 0.4) is 0 Å². The highest BCUT2D eigenvalue weighted by Gasteiger charge is 2.12. The van der Waals surface area contributed by atoms with Crippen LogP contribution in [0.15, 0.2) is 24.4 Å².